The molecule has 4 rings (SSSR count). The van der Waals surface area contributed by atoms with E-state index >= 15 is 0 Å². The number of hydrogen-bond donors (Lipinski definition) is 1. The van der Waals surface area contributed by atoms with Crippen LogP contribution in [0.25, 0.3) is 0 Å². The van der Waals surface area contributed by atoms with Crippen LogP contribution in [-0.2, 0) is 22.5 Å². The van der Waals surface area contributed by atoms with E-state index in [0.717, 1.165) is 37.2 Å². The summed E-state index contributed by atoms with van der Waals surface area (Å²) >= 11 is 0. The monoisotopic (exact) mass is 356 g/mol. The number of allylic oxidation sites excluding steroid dienone is 2. The zero-order valence-corrected chi connectivity index (χ0v) is 15.1. The minimum Gasteiger partial charge on any atom is -0.369 e. The number of nitrogens with one attached hydrogen (secondary N) is 1. The van der Waals surface area contributed by atoms with E-state index in [1.807, 2.05) is 22.8 Å². The van der Waals surface area contributed by atoms with Gasteiger partial charge >= 0.3 is 0 Å². The van der Waals surface area contributed by atoms with Crippen molar-refractivity contribution in [2.75, 3.05) is 13.7 Å². The van der Waals surface area contributed by atoms with Gasteiger partial charge in [-0.3, -0.25) is 9.59 Å². The summed E-state index contributed by atoms with van der Waals surface area (Å²) < 4.78 is 7.93. The third-order valence-electron chi connectivity index (χ3n) is 5.43. The molecule has 0 aromatic carbocycles. The molecule has 0 bridgehead atoms. The highest BCUT2D eigenvalue weighted by molar-refractivity contribution is 5.97. The van der Waals surface area contributed by atoms with Gasteiger partial charge in [0.1, 0.15) is 17.8 Å². The summed E-state index contributed by atoms with van der Waals surface area (Å²) in [5.41, 5.74) is 2.22. The van der Waals surface area contributed by atoms with Crippen LogP contribution >= 0.6 is 0 Å². The third-order valence-corrected chi connectivity index (χ3v) is 5.43. The molecule has 0 spiro atoms. The second kappa shape index (κ2) is 6.72. The Bertz CT molecular complexity index is 795. The Kier molecular flexibility index (Phi) is 4.40. The maximum absolute atomic E-state index is 12.8. The van der Waals surface area contributed by atoms with Crippen molar-refractivity contribution >= 4 is 11.8 Å². The van der Waals surface area contributed by atoms with Crippen molar-refractivity contribution in [3.05, 3.63) is 41.6 Å². The van der Waals surface area contributed by atoms with Gasteiger partial charge < -0.3 is 19.5 Å². The van der Waals surface area contributed by atoms with E-state index in [1.54, 1.807) is 18.3 Å². The Hall–Kier alpha value is -2.41. The Labute approximate surface area is 152 Å². The van der Waals surface area contributed by atoms with Crippen molar-refractivity contribution in [2.24, 2.45) is 5.92 Å². The number of fused-ring (bicyclic) bond motifs is 2. The zero-order chi connectivity index (χ0) is 18.3. The first-order valence-corrected chi connectivity index (χ1v) is 9.15. The van der Waals surface area contributed by atoms with Crippen LogP contribution in [0.4, 0.5) is 0 Å². The molecule has 0 saturated carbocycles. The number of rotatable bonds is 2. The Morgan fingerprint density at radius 2 is 2.27 bits per heavy atom. The standard InChI is InChI=1S/C19H24N4O3/c1-12-7-8-23-11-20-17(15(23)9-12)18(24)21-13-10-26-16-6-4-3-5-14(16)22(2)19(13)25/h3-5,11-13,16H,6-10H2,1-2H3,(H,21,24)/t12?,13-,16?/m0/s1. The molecule has 26 heavy (non-hydrogen) atoms. The van der Waals surface area contributed by atoms with Crippen LogP contribution in [0.2, 0.25) is 0 Å². The van der Waals surface area contributed by atoms with Gasteiger partial charge in [-0.15, -0.1) is 0 Å². The van der Waals surface area contributed by atoms with Crippen molar-refractivity contribution < 1.29 is 14.3 Å². The lowest BCUT2D eigenvalue weighted by Gasteiger charge is -2.25. The first-order valence-electron chi connectivity index (χ1n) is 9.15. The summed E-state index contributed by atoms with van der Waals surface area (Å²) in [5, 5.41) is 2.84. The summed E-state index contributed by atoms with van der Waals surface area (Å²) in [5.74, 6) is 0.0614. The highest BCUT2D eigenvalue weighted by atomic mass is 16.5. The number of imidazole rings is 1. The van der Waals surface area contributed by atoms with E-state index in [9.17, 15) is 9.59 Å². The van der Waals surface area contributed by atoms with E-state index in [2.05, 4.69) is 17.2 Å². The van der Waals surface area contributed by atoms with Gasteiger partial charge in [-0.05, 0) is 31.3 Å². The van der Waals surface area contributed by atoms with E-state index in [4.69, 9.17) is 4.74 Å². The number of carbonyl (C=O) groups is 2. The van der Waals surface area contributed by atoms with Crippen molar-refractivity contribution in [3.63, 3.8) is 0 Å². The fourth-order valence-corrected chi connectivity index (χ4v) is 3.85. The maximum Gasteiger partial charge on any atom is 0.272 e. The summed E-state index contributed by atoms with van der Waals surface area (Å²) in [6.07, 6.45) is 10.1. The largest absolute Gasteiger partial charge is 0.369 e. The number of likely N-dealkylation sites (N-methyl/N-ethyl adjacent to an activating group) is 1. The molecule has 0 radical (unpaired) electrons. The molecule has 2 unspecified atom stereocenters. The average Bonchev–Trinajstić information content (AvgIpc) is 3.02. The predicted octanol–water partition coefficient (Wildman–Crippen LogP) is 1.26. The van der Waals surface area contributed by atoms with Crippen molar-refractivity contribution in [1.82, 2.24) is 19.8 Å². The second-order valence-electron chi connectivity index (χ2n) is 7.33. The first kappa shape index (κ1) is 17.0. The number of hydrogen-bond acceptors (Lipinski definition) is 4. The summed E-state index contributed by atoms with van der Waals surface area (Å²) in [7, 11) is 1.73. The van der Waals surface area contributed by atoms with Crippen LogP contribution in [-0.4, -0.2) is 52.1 Å². The molecule has 3 aliphatic rings. The van der Waals surface area contributed by atoms with Gasteiger partial charge in [-0.1, -0.05) is 19.1 Å². The smallest absolute Gasteiger partial charge is 0.272 e. The highest BCUT2D eigenvalue weighted by Gasteiger charge is 2.35. The number of aryl methyl sites for hydroxylation is 1. The molecule has 1 fully saturated rings. The molecule has 7 nitrogen and oxygen atoms in total. The predicted molar refractivity (Wildman–Crippen MR) is 95.3 cm³/mol. The van der Waals surface area contributed by atoms with Gasteiger partial charge in [-0.2, -0.15) is 0 Å². The van der Waals surface area contributed by atoms with Crippen molar-refractivity contribution in [3.8, 4) is 0 Å². The fourth-order valence-electron chi connectivity index (χ4n) is 3.85. The number of nitrogens with zero attached hydrogens (tertiary/aromatic N) is 3. The van der Waals surface area contributed by atoms with Crippen molar-refractivity contribution in [2.45, 2.75) is 44.9 Å². The minimum atomic E-state index is -0.711. The zero-order valence-electron chi connectivity index (χ0n) is 15.1. The van der Waals surface area contributed by atoms with Crippen LogP contribution in [0.1, 0.15) is 35.9 Å². The van der Waals surface area contributed by atoms with Crippen LogP contribution in [0.15, 0.2) is 30.3 Å². The minimum absolute atomic E-state index is 0.142. The number of carbonyl (C=O) groups excluding carboxylic acids is 2. The lowest BCUT2D eigenvalue weighted by atomic mass is 9.97. The van der Waals surface area contributed by atoms with Crippen LogP contribution in [0.5, 0.6) is 0 Å². The molecule has 1 aromatic rings. The molecule has 3 atom stereocenters. The Balaban J connectivity index is 1.51. The number of ether oxygens (including phenoxy) is 1. The van der Waals surface area contributed by atoms with E-state index in [-0.39, 0.29) is 24.5 Å². The molecular formula is C19H24N4O3. The van der Waals surface area contributed by atoms with Gasteiger partial charge in [-0.25, -0.2) is 4.98 Å². The lowest BCUT2D eigenvalue weighted by molar-refractivity contribution is -0.129. The van der Waals surface area contributed by atoms with Crippen LogP contribution < -0.4 is 5.32 Å². The Morgan fingerprint density at radius 1 is 1.42 bits per heavy atom. The summed E-state index contributed by atoms with van der Waals surface area (Å²) in [6, 6.07) is -0.711. The quantitative estimate of drug-likeness (QED) is 0.866. The van der Waals surface area contributed by atoms with Crippen LogP contribution in [0, 0.1) is 5.92 Å². The molecule has 1 aliphatic carbocycles. The fraction of sp³-hybridized carbons (Fsp3) is 0.526. The van der Waals surface area contributed by atoms with E-state index < -0.39 is 6.04 Å². The second-order valence-corrected chi connectivity index (χ2v) is 7.33. The van der Waals surface area contributed by atoms with Gasteiger partial charge in [0.05, 0.1) is 18.6 Å². The molecule has 3 heterocycles. The normalized spacial score (nSPS) is 28.1. The third kappa shape index (κ3) is 2.96. The lowest BCUT2D eigenvalue weighted by Crippen LogP contribution is -2.48. The number of amides is 2. The Morgan fingerprint density at radius 3 is 3.12 bits per heavy atom. The van der Waals surface area contributed by atoms with Gasteiger partial charge in [0, 0.05) is 19.3 Å². The molecule has 1 aromatic heterocycles. The van der Waals surface area contributed by atoms with Crippen LogP contribution in [0.3, 0.4) is 0 Å². The topological polar surface area (TPSA) is 76.5 Å². The molecule has 2 amide bonds. The molecular weight excluding hydrogens is 332 g/mol. The molecule has 138 valence electrons. The van der Waals surface area contributed by atoms with Gasteiger partial charge in [0.25, 0.3) is 11.8 Å². The average molecular weight is 356 g/mol. The summed E-state index contributed by atoms with van der Waals surface area (Å²) in [6.45, 7) is 3.23. The summed E-state index contributed by atoms with van der Waals surface area (Å²) in [4.78, 5) is 31.5. The SMILES string of the molecule is CC1CCn2cnc(C(=O)N[C@H]3COC4CC=CC=C4N(C)C3=O)c2C1. The molecule has 2 aliphatic heterocycles. The molecule has 7 heteroatoms. The maximum atomic E-state index is 12.8. The van der Waals surface area contributed by atoms with E-state index in [0.29, 0.717) is 11.6 Å². The van der Waals surface area contributed by atoms with Gasteiger partial charge in [0.2, 0.25) is 0 Å². The van der Waals surface area contributed by atoms with E-state index in [1.165, 1.54) is 0 Å². The first-order chi connectivity index (χ1) is 12.5. The molecule has 1 N–H and O–H groups in total. The van der Waals surface area contributed by atoms with Crippen molar-refractivity contribution in [1.29, 1.82) is 0 Å². The highest BCUT2D eigenvalue weighted by Crippen LogP contribution is 2.25. The molecule has 1 saturated heterocycles. The van der Waals surface area contributed by atoms with Gasteiger partial charge in [0.15, 0.2) is 0 Å². The number of aromatic nitrogens is 2.